The van der Waals surface area contributed by atoms with Gasteiger partial charge >= 0.3 is 0 Å². The first-order valence-corrected chi connectivity index (χ1v) is 4.55. The zero-order valence-electron chi connectivity index (χ0n) is 7.07. The highest BCUT2D eigenvalue weighted by Gasteiger charge is 2.25. The molecule has 2 atom stereocenters. The standard InChI is InChI=1S/C10H14O2/c11-10-3-1-2-9(10)6-8-4-5-12-7-8/h4-5,7,9-11H,1-3,6H2/t9-,10+/m0/s1. The Balaban J connectivity index is 1.95. The fourth-order valence-corrected chi connectivity index (χ4v) is 1.97. The maximum Gasteiger partial charge on any atom is 0.0934 e. The van der Waals surface area contributed by atoms with Gasteiger partial charge < -0.3 is 9.52 Å². The van der Waals surface area contributed by atoms with Crippen molar-refractivity contribution in [2.24, 2.45) is 5.92 Å². The van der Waals surface area contributed by atoms with Gasteiger partial charge in [0, 0.05) is 0 Å². The summed E-state index contributed by atoms with van der Waals surface area (Å²) in [5.41, 5.74) is 1.21. The quantitative estimate of drug-likeness (QED) is 0.728. The number of rotatable bonds is 2. The second-order valence-corrected chi connectivity index (χ2v) is 3.59. The van der Waals surface area contributed by atoms with Crippen LogP contribution in [0.25, 0.3) is 0 Å². The molecule has 0 unspecified atom stereocenters. The van der Waals surface area contributed by atoms with Gasteiger partial charge in [-0.25, -0.2) is 0 Å². The van der Waals surface area contributed by atoms with E-state index in [-0.39, 0.29) is 6.10 Å². The lowest BCUT2D eigenvalue weighted by Crippen LogP contribution is -2.14. The van der Waals surface area contributed by atoms with E-state index >= 15 is 0 Å². The summed E-state index contributed by atoms with van der Waals surface area (Å²) in [5.74, 6) is 0.461. The minimum atomic E-state index is -0.0834. The van der Waals surface area contributed by atoms with Gasteiger partial charge in [-0.3, -0.25) is 0 Å². The summed E-state index contributed by atoms with van der Waals surface area (Å²) in [5, 5.41) is 9.56. The number of hydrogen-bond acceptors (Lipinski definition) is 2. The Morgan fingerprint density at radius 1 is 1.50 bits per heavy atom. The molecule has 0 radical (unpaired) electrons. The molecule has 0 aliphatic heterocycles. The predicted molar refractivity (Wildman–Crippen MR) is 45.8 cm³/mol. The summed E-state index contributed by atoms with van der Waals surface area (Å²) in [6, 6.07) is 1.98. The minimum absolute atomic E-state index is 0.0834. The van der Waals surface area contributed by atoms with Crippen LogP contribution in [0, 0.1) is 5.92 Å². The zero-order valence-corrected chi connectivity index (χ0v) is 7.07. The van der Waals surface area contributed by atoms with Gasteiger partial charge in [0.15, 0.2) is 0 Å². The zero-order chi connectivity index (χ0) is 8.39. The molecular formula is C10H14O2. The van der Waals surface area contributed by atoms with Crippen molar-refractivity contribution in [2.45, 2.75) is 31.8 Å². The molecule has 66 valence electrons. The highest BCUT2D eigenvalue weighted by molar-refractivity contribution is 5.07. The second kappa shape index (κ2) is 3.31. The van der Waals surface area contributed by atoms with Crippen molar-refractivity contribution < 1.29 is 9.52 Å². The largest absolute Gasteiger partial charge is 0.472 e. The van der Waals surface area contributed by atoms with Crippen LogP contribution >= 0.6 is 0 Å². The van der Waals surface area contributed by atoms with Crippen LogP contribution in [0.2, 0.25) is 0 Å². The Morgan fingerprint density at radius 2 is 2.42 bits per heavy atom. The number of aliphatic hydroxyl groups excluding tert-OH is 1. The van der Waals surface area contributed by atoms with Gasteiger partial charge in [-0.15, -0.1) is 0 Å². The van der Waals surface area contributed by atoms with Crippen LogP contribution in [0.3, 0.4) is 0 Å². The topological polar surface area (TPSA) is 33.4 Å². The third-order valence-electron chi connectivity index (χ3n) is 2.70. The first-order valence-electron chi connectivity index (χ1n) is 4.55. The Labute approximate surface area is 72.2 Å². The smallest absolute Gasteiger partial charge is 0.0934 e. The normalized spacial score (nSPS) is 29.4. The molecule has 2 rings (SSSR count). The molecule has 1 N–H and O–H groups in total. The molecule has 0 amide bonds. The van der Waals surface area contributed by atoms with Crippen molar-refractivity contribution in [3.05, 3.63) is 24.2 Å². The van der Waals surface area contributed by atoms with Gasteiger partial charge in [-0.1, -0.05) is 6.42 Å². The van der Waals surface area contributed by atoms with E-state index < -0.39 is 0 Å². The summed E-state index contributed by atoms with van der Waals surface area (Å²) in [6.07, 6.45) is 7.65. The van der Waals surface area contributed by atoms with Crippen molar-refractivity contribution in [3.63, 3.8) is 0 Å². The minimum Gasteiger partial charge on any atom is -0.472 e. The van der Waals surface area contributed by atoms with E-state index in [1.165, 1.54) is 12.0 Å². The number of furan rings is 1. The van der Waals surface area contributed by atoms with Crippen LogP contribution in [0.5, 0.6) is 0 Å². The fraction of sp³-hybridized carbons (Fsp3) is 0.600. The molecule has 1 heterocycles. The fourth-order valence-electron chi connectivity index (χ4n) is 1.97. The number of hydrogen-bond donors (Lipinski definition) is 1. The summed E-state index contributed by atoms with van der Waals surface area (Å²) in [6.45, 7) is 0. The molecule has 1 aromatic rings. The summed E-state index contributed by atoms with van der Waals surface area (Å²) >= 11 is 0. The van der Waals surface area contributed by atoms with Gasteiger partial charge in [0.1, 0.15) is 0 Å². The van der Waals surface area contributed by atoms with Crippen LogP contribution in [0.4, 0.5) is 0 Å². The van der Waals surface area contributed by atoms with Gasteiger partial charge in [-0.2, -0.15) is 0 Å². The molecule has 0 saturated heterocycles. The Kier molecular flexibility index (Phi) is 2.17. The van der Waals surface area contributed by atoms with E-state index in [1.807, 2.05) is 6.07 Å². The predicted octanol–water partition coefficient (Wildman–Crippen LogP) is 1.98. The van der Waals surface area contributed by atoms with Gasteiger partial charge in [0.2, 0.25) is 0 Å². The van der Waals surface area contributed by atoms with Crippen LogP contribution in [-0.2, 0) is 6.42 Å². The third-order valence-corrected chi connectivity index (χ3v) is 2.70. The second-order valence-electron chi connectivity index (χ2n) is 3.59. The van der Waals surface area contributed by atoms with Crippen LogP contribution in [0.15, 0.2) is 23.0 Å². The van der Waals surface area contributed by atoms with Gasteiger partial charge in [0.25, 0.3) is 0 Å². The Hall–Kier alpha value is -0.760. The summed E-state index contributed by atoms with van der Waals surface area (Å²) < 4.78 is 4.98. The number of aliphatic hydroxyl groups is 1. The Bertz CT molecular complexity index is 228. The molecule has 12 heavy (non-hydrogen) atoms. The molecule has 1 aliphatic rings. The van der Waals surface area contributed by atoms with Crippen molar-refractivity contribution in [1.82, 2.24) is 0 Å². The van der Waals surface area contributed by atoms with E-state index in [4.69, 9.17) is 4.42 Å². The molecule has 1 aromatic heterocycles. The molecular weight excluding hydrogens is 152 g/mol. The lowest BCUT2D eigenvalue weighted by molar-refractivity contribution is 0.132. The highest BCUT2D eigenvalue weighted by Crippen LogP contribution is 2.28. The van der Waals surface area contributed by atoms with E-state index in [1.54, 1.807) is 12.5 Å². The lowest BCUT2D eigenvalue weighted by atomic mass is 9.98. The maximum atomic E-state index is 9.56. The maximum absolute atomic E-state index is 9.56. The molecule has 0 aromatic carbocycles. The van der Waals surface area contributed by atoms with Crippen molar-refractivity contribution in [3.8, 4) is 0 Å². The van der Waals surface area contributed by atoms with Crippen molar-refractivity contribution in [2.75, 3.05) is 0 Å². The van der Waals surface area contributed by atoms with Crippen molar-refractivity contribution >= 4 is 0 Å². The highest BCUT2D eigenvalue weighted by atomic mass is 16.3. The van der Waals surface area contributed by atoms with E-state index in [2.05, 4.69) is 0 Å². The summed E-state index contributed by atoms with van der Waals surface area (Å²) in [7, 11) is 0. The van der Waals surface area contributed by atoms with Crippen molar-refractivity contribution in [1.29, 1.82) is 0 Å². The average molecular weight is 166 g/mol. The third kappa shape index (κ3) is 1.53. The lowest BCUT2D eigenvalue weighted by Gasteiger charge is -2.12. The molecule has 2 heteroatoms. The monoisotopic (exact) mass is 166 g/mol. The SMILES string of the molecule is O[C@@H]1CCC[C@H]1Cc1ccoc1. The Morgan fingerprint density at radius 3 is 3.00 bits per heavy atom. The van der Waals surface area contributed by atoms with E-state index in [9.17, 15) is 5.11 Å². The molecule has 1 saturated carbocycles. The van der Waals surface area contributed by atoms with Gasteiger partial charge in [-0.05, 0) is 36.8 Å². The van der Waals surface area contributed by atoms with Crippen LogP contribution in [0.1, 0.15) is 24.8 Å². The summed E-state index contributed by atoms with van der Waals surface area (Å²) in [4.78, 5) is 0. The molecule has 1 aliphatic carbocycles. The van der Waals surface area contributed by atoms with E-state index in [0.717, 1.165) is 19.3 Å². The molecule has 0 spiro atoms. The van der Waals surface area contributed by atoms with Gasteiger partial charge in [0.05, 0.1) is 18.6 Å². The average Bonchev–Trinajstić information content (AvgIpc) is 2.65. The first kappa shape index (κ1) is 7.87. The van der Waals surface area contributed by atoms with Crippen LogP contribution in [-0.4, -0.2) is 11.2 Å². The van der Waals surface area contributed by atoms with Crippen LogP contribution < -0.4 is 0 Å². The molecule has 0 bridgehead atoms. The van der Waals surface area contributed by atoms with E-state index in [0.29, 0.717) is 5.92 Å². The first-order chi connectivity index (χ1) is 5.86. The molecule has 2 nitrogen and oxygen atoms in total. The molecule has 1 fully saturated rings.